The van der Waals surface area contributed by atoms with Crippen molar-refractivity contribution in [1.29, 1.82) is 0 Å². The second-order valence-corrected chi connectivity index (χ2v) is 8.85. The standard InChI is InChI=1S/C27H25N7O2.ClH/c1-3-17-14-23-20(21(4-2)28-17)10-12-25(35)34(23)15-16-9-11-24-22(13-16)29-27(36-24)19-8-6-5-7-18(19)26-30-32-33-31-26;/h5-9,11,13-14H,3-4,10,12,15H2,1-2H3,(H,30,31,32,33);1H. The van der Waals surface area contributed by atoms with Crippen LogP contribution >= 0.6 is 12.4 Å². The molecule has 0 unspecified atom stereocenters. The van der Waals surface area contributed by atoms with Gasteiger partial charge in [0.05, 0.1) is 12.2 Å². The van der Waals surface area contributed by atoms with Crippen molar-refractivity contribution in [3.05, 3.63) is 71.0 Å². The third-order valence-corrected chi connectivity index (χ3v) is 6.65. The Balaban J connectivity index is 0.00000280. The molecule has 3 aromatic heterocycles. The van der Waals surface area contributed by atoms with Gasteiger partial charge in [0.25, 0.3) is 0 Å². The number of rotatable bonds is 6. The summed E-state index contributed by atoms with van der Waals surface area (Å²) >= 11 is 0. The number of H-pyrrole nitrogens is 1. The van der Waals surface area contributed by atoms with Crippen LogP contribution in [0.4, 0.5) is 5.69 Å². The average molecular weight is 516 g/mol. The molecule has 1 amide bonds. The maximum absolute atomic E-state index is 13.0. The molecule has 2 aromatic carbocycles. The lowest BCUT2D eigenvalue weighted by Crippen LogP contribution is -2.35. The first kappa shape index (κ1) is 24.6. The van der Waals surface area contributed by atoms with Crippen molar-refractivity contribution in [1.82, 2.24) is 30.6 Å². The Bertz CT molecular complexity index is 1580. The number of pyridine rings is 1. The van der Waals surface area contributed by atoms with Gasteiger partial charge in [0.2, 0.25) is 17.6 Å². The summed E-state index contributed by atoms with van der Waals surface area (Å²) in [4.78, 5) is 24.5. The summed E-state index contributed by atoms with van der Waals surface area (Å²) in [5.74, 6) is 1.09. The quantitative estimate of drug-likeness (QED) is 0.335. The van der Waals surface area contributed by atoms with Crippen molar-refractivity contribution < 1.29 is 9.21 Å². The minimum Gasteiger partial charge on any atom is -0.436 e. The number of nitrogens with zero attached hydrogens (tertiary/aromatic N) is 6. The van der Waals surface area contributed by atoms with E-state index in [0.717, 1.165) is 58.5 Å². The number of amides is 1. The zero-order valence-electron chi connectivity index (χ0n) is 20.6. The van der Waals surface area contributed by atoms with Crippen molar-refractivity contribution in [3.8, 4) is 22.8 Å². The van der Waals surface area contributed by atoms with Crippen molar-refractivity contribution in [2.45, 2.75) is 46.1 Å². The number of benzene rings is 2. The fourth-order valence-corrected chi connectivity index (χ4v) is 4.84. The summed E-state index contributed by atoms with van der Waals surface area (Å²) in [5.41, 5.74) is 8.25. The molecule has 10 heteroatoms. The largest absolute Gasteiger partial charge is 0.436 e. The number of halogens is 1. The van der Waals surface area contributed by atoms with E-state index in [1.54, 1.807) is 0 Å². The van der Waals surface area contributed by atoms with Gasteiger partial charge in [-0.05, 0) is 59.9 Å². The number of aryl methyl sites for hydroxylation is 2. The number of fused-ring (bicyclic) bond motifs is 2. The van der Waals surface area contributed by atoms with Gasteiger partial charge in [-0.15, -0.1) is 22.6 Å². The second kappa shape index (κ2) is 10.1. The summed E-state index contributed by atoms with van der Waals surface area (Å²) in [6.45, 7) is 4.69. The number of aromatic amines is 1. The van der Waals surface area contributed by atoms with Crippen LogP contribution in [0.5, 0.6) is 0 Å². The first-order valence-electron chi connectivity index (χ1n) is 12.2. The first-order valence-corrected chi connectivity index (χ1v) is 12.2. The lowest BCUT2D eigenvalue weighted by atomic mass is 9.96. The third kappa shape index (κ3) is 4.46. The molecule has 0 radical (unpaired) electrons. The van der Waals surface area contributed by atoms with Gasteiger partial charge in [-0.3, -0.25) is 9.78 Å². The lowest BCUT2D eigenvalue weighted by molar-refractivity contribution is -0.119. The van der Waals surface area contributed by atoms with Gasteiger partial charge in [-0.2, -0.15) is 5.21 Å². The van der Waals surface area contributed by atoms with Crippen LogP contribution in [0.3, 0.4) is 0 Å². The second-order valence-electron chi connectivity index (χ2n) is 8.85. The van der Waals surface area contributed by atoms with E-state index in [9.17, 15) is 4.79 Å². The van der Waals surface area contributed by atoms with Gasteiger partial charge in [-0.25, -0.2) is 4.98 Å². The molecule has 0 fully saturated rings. The Labute approximate surface area is 219 Å². The molecule has 1 N–H and O–H groups in total. The highest BCUT2D eigenvalue weighted by molar-refractivity contribution is 5.96. The van der Waals surface area contributed by atoms with Gasteiger partial charge in [-0.1, -0.05) is 38.1 Å². The number of hydrogen-bond acceptors (Lipinski definition) is 7. The number of carbonyl (C=O) groups is 1. The fourth-order valence-electron chi connectivity index (χ4n) is 4.84. The number of nitrogens with one attached hydrogen (secondary N) is 1. The summed E-state index contributed by atoms with van der Waals surface area (Å²) < 4.78 is 6.09. The molecule has 1 aliphatic heterocycles. The number of tetrazole rings is 1. The van der Waals surface area contributed by atoms with E-state index < -0.39 is 0 Å². The lowest BCUT2D eigenvalue weighted by Gasteiger charge is -2.31. The van der Waals surface area contributed by atoms with E-state index in [4.69, 9.17) is 14.4 Å². The number of oxazole rings is 1. The molecular formula is C27H26ClN7O2. The predicted octanol–water partition coefficient (Wildman–Crippen LogP) is 5.10. The molecule has 0 saturated heterocycles. The van der Waals surface area contributed by atoms with E-state index >= 15 is 0 Å². The summed E-state index contributed by atoms with van der Waals surface area (Å²) in [5, 5.41) is 14.3. The van der Waals surface area contributed by atoms with Gasteiger partial charge in [0.1, 0.15) is 5.52 Å². The maximum Gasteiger partial charge on any atom is 0.228 e. The molecule has 0 saturated carbocycles. The summed E-state index contributed by atoms with van der Waals surface area (Å²) in [6, 6.07) is 15.6. The molecule has 1 aliphatic rings. The van der Waals surface area contributed by atoms with Crippen molar-refractivity contribution in [2.75, 3.05) is 4.90 Å². The fraction of sp³-hybridized carbons (Fsp3) is 0.259. The van der Waals surface area contributed by atoms with Crippen LogP contribution < -0.4 is 4.90 Å². The third-order valence-electron chi connectivity index (χ3n) is 6.65. The molecule has 0 spiro atoms. The highest BCUT2D eigenvalue weighted by Crippen LogP contribution is 2.34. The van der Waals surface area contributed by atoms with E-state index in [-0.39, 0.29) is 18.3 Å². The topological polar surface area (TPSA) is 114 Å². The SMILES string of the molecule is CCc1cc2c(c(CC)n1)CCC(=O)N2Cc1ccc2oc(-c3ccccc3-c3nn[nH]n3)nc2c1.Cl. The smallest absolute Gasteiger partial charge is 0.228 e. The van der Waals surface area contributed by atoms with Crippen LogP contribution in [-0.4, -0.2) is 36.5 Å². The van der Waals surface area contributed by atoms with Crippen molar-refractivity contribution >= 4 is 35.1 Å². The maximum atomic E-state index is 13.0. The van der Waals surface area contributed by atoms with Gasteiger partial charge < -0.3 is 9.32 Å². The minimum atomic E-state index is 0. The Morgan fingerprint density at radius 3 is 2.59 bits per heavy atom. The van der Waals surface area contributed by atoms with Crippen LogP contribution in [0.15, 0.2) is 52.9 Å². The van der Waals surface area contributed by atoms with Crippen LogP contribution in [0, 0.1) is 0 Å². The van der Waals surface area contributed by atoms with Gasteiger partial charge >= 0.3 is 0 Å². The summed E-state index contributed by atoms with van der Waals surface area (Å²) in [7, 11) is 0. The van der Waals surface area contributed by atoms with Crippen LogP contribution in [0.2, 0.25) is 0 Å². The van der Waals surface area contributed by atoms with Crippen LogP contribution in [0.25, 0.3) is 33.9 Å². The number of hydrogen-bond donors (Lipinski definition) is 1. The predicted molar refractivity (Wildman–Crippen MR) is 142 cm³/mol. The van der Waals surface area contributed by atoms with Crippen molar-refractivity contribution in [2.24, 2.45) is 0 Å². The Morgan fingerprint density at radius 2 is 1.84 bits per heavy atom. The summed E-state index contributed by atoms with van der Waals surface area (Å²) in [6.07, 6.45) is 2.94. The molecule has 0 bridgehead atoms. The van der Waals surface area contributed by atoms with E-state index in [1.807, 2.05) is 47.4 Å². The van der Waals surface area contributed by atoms with Crippen LogP contribution in [0.1, 0.15) is 42.8 Å². The molecular weight excluding hydrogens is 490 g/mol. The number of aromatic nitrogens is 6. The molecule has 9 nitrogen and oxygen atoms in total. The highest BCUT2D eigenvalue weighted by Gasteiger charge is 2.27. The van der Waals surface area contributed by atoms with Crippen LogP contribution in [-0.2, 0) is 30.6 Å². The normalized spacial score (nSPS) is 13.0. The van der Waals surface area contributed by atoms with Gasteiger partial charge in [0, 0.05) is 28.9 Å². The Morgan fingerprint density at radius 1 is 1.00 bits per heavy atom. The van der Waals surface area contributed by atoms with Gasteiger partial charge in [0.15, 0.2) is 5.58 Å². The Kier molecular flexibility index (Phi) is 6.71. The zero-order chi connectivity index (χ0) is 24.6. The van der Waals surface area contributed by atoms with Crippen molar-refractivity contribution in [3.63, 3.8) is 0 Å². The number of carbonyl (C=O) groups excluding carboxylic acids is 1. The van der Waals surface area contributed by atoms with E-state index in [1.165, 1.54) is 5.56 Å². The van der Waals surface area contributed by atoms with E-state index in [0.29, 0.717) is 30.3 Å². The molecule has 188 valence electrons. The first-order chi connectivity index (χ1) is 17.6. The molecule has 4 heterocycles. The van der Waals surface area contributed by atoms with E-state index in [2.05, 4.69) is 40.5 Å². The molecule has 6 rings (SSSR count). The highest BCUT2D eigenvalue weighted by atomic mass is 35.5. The Hall–Kier alpha value is -4.11. The minimum absolute atomic E-state index is 0. The molecule has 0 aliphatic carbocycles. The molecule has 0 atom stereocenters. The number of anilines is 1. The molecule has 5 aromatic rings. The zero-order valence-corrected chi connectivity index (χ0v) is 21.4. The molecule has 37 heavy (non-hydrogen) atoms. The average Bonchev–Trinajstić information content (AvgIpc) is 3.60. The monoisotopic (exact) mass is 515 g/mol.